The topological polar surface area (TPSA) is 11.4 Å². The van der Waals surface area contributed by atoms with Crippen molar-refractivity contribution in [2.75, 3.05) is 9.71 Å². The van der Waals surface area contributed by atoms with Gasteiger partial charge < -0.3 is 14.3 Å². The molecule has 2 aliphatic carbocycles. The molecule has 0 unspecified atom stereocenters. The van der Waals surface area contributed by atoms with Crippen LogP contribution in [0, 0.1) is 13.8 Å². The third-order valence-electron chi connectivity index (χ3n) is 17.1. The summed E-state index contributed by atoms with van der Waals surface area (Å²) in [5, 5.41) is 5.25. The van der Waals surface area contributed by atoms with Crippen molar-refractivity contribution < 1.29 is 0 Å². The van der Waals surface area contributed by atoms with Crippen LogP contribution in [0.3, 0.4) is 0 Å². The van der Waals surface area contributed by atoms with E-state index in [1.807, 2.05) is 0 Å². The molecule has 10 aromatic rings. The molecule has 0 atom stereocenters. The zero-order valence-corrected chi connectivity index (χ0v) is 41.0. The summed E-state index contributed by atoms with van der Waals surface area (Å²) in [7, 11) is 0. The molecule has 2 aliphatic heterocycles. The van der Waals surface area contributed by atoms with Crippen molar-refractivity contribution in [2.24, 2.45) is 0 Å². The first-order valence-corrected chi connectivity index (χ1v) is 25.1. The van der Waals surface area contributed by atoms with Crippen molar-refractivity contribution in [1.29, 1.82) is 0 Å². The van der Waals surface area contributed by atoms with Crippen molar-refractivity contribution in [3.8, 4) is 27.9 Å². The Hall–Kier alpha value is -7.30. The van der Waals surface area contributed by atoms with E-state index in [1.54, 1.807) is 0 Å². The van der Waals surface area contributed by atoms with Crippen LogP contribution in [0.2, 0.25) is 0 Å². The minimum atomic E-state index is -0.229. The maximum Gasteiger partial charge on any atom is 0.333 e. The number of para-hydroxylation sites is 2. The number of anilines is 5. The van der Waals surface area contributed by atoms with E-state index in [0.717, 1.165) is 24.2 Å². The SMILES string of the molecule is Cc1ccc(N2B3c4cc(C)ccc4-n4c5cc6c(cc5c5c(N(c7ccccc7)c7ccccc7)cc(c3c54)-c3c2ccc2c3-c3ccc4ccccc4c3C2(C)C)C(C)(C)CCC6(C)C)cc1. The van der Waals surface area contributed by atoms with E-state index in [1.165, 1.54) is 122 Å². The van der Waals surface area contributed by atoms with Gasteiger partial charge in [-0.2, -0.15) is 0 Å². The highest BCUT2D eigenvalue weighted by atomic mass is 15.2. The summed E-state index contributed by atoms with van der Waals surface area (Å²) >= 11 is 0. The monoisotopic (exact) mass is 889 g/mol. The smallest absolute Gasteiger partial charge is 0.333 e. The molecule has 0 amide bonds. The number of benzene rings is 9. The van der Waals surface area contributed by atoms with Crippen molar-refractivity contribution in [3.63, 3.8) is 0 Å². The summed E-state index contributed by atoms with van der Waals surface area (Å²) in [6.07, 6.45) is 2.32. The van der Waals surface area contributed by atoms with Crippen molar-refractivity contribution in [2.45, 2.75) is 84.5 Å². The molecule has 1 aromatic heterocycles. The van der Waals surface area contributed by atoms with Gasteiger partial charge in [-0.05, 0) is 165 Å². The predicted molar refractivity (Wildman–Crippen MR) is 294 cm³/mol. The molecule has 0 spiro atoms. The van der Waals surface area contributed by atoms with E-state index in [-0.39, 0.29) is 23.1 Å². The van der Waals surface area contributed by atoms with Crippen LogP contribution in [0.4, 0.5) is 28.4 Å². The highest BCUT2D eigenvalue weighted by Crippen LogP contribution is 2.60. The first-order chi connectivity index (χ1) is 33.3. The molecule has 0 bridgehead atoms. The van der Waals surface area contributed by atoms with E-state index < -0.39 is 0 Å². The van der Waals surface area contributed by atoms with Crippen LogP contribution in [-0.4, -0.2) is 11.4 Å². The highest BCUT2D eigenvalue weighted by molar-refractivity contribution is 6.94. The average molecular weight is 890 g/mol. The average Bonchev–Trinajstić information content (AvgIpc) is 3.82. The summed E-state index contributed by atoms with van der Waals surface area (Å²) in [6, 6.07) is 65.4. The molecule has 0 fully saturated rings. The number of hydrogen-bond donors (Lipinski definition) is 0. The van der Waals surface area contributed by atoms with Crippen LogP contribution in [0.25, 0.3) is 60.5 Å². The Bertz CT molecular complexity index is 3800. The molecule has 69 heavy (non-hydrogen) atoms. The predicted octanol–water partition coefficient (Wildman–Crippen LogP) is 15.9. The Morgan fingerprint density at radius 1 is 0.522 bits per heavy atom. The van der Waals surface area contributed by atoms with Gasteiger partial charge in [0, 0.05) is 50.2 Å². The second-order valence-corrected chi connectivity index (χ2v) is 22.5. The van der Waals surface area contributed by atoms with Gasteiger partial charge in [-0.3, -0.25) is 0 Å². The van der Waals surface area contributed by atoms with Gasteiger partial charge in [-0.15, -0.1) is 0 Å². The van der Waals surface area contributed by atoms with Gasteiger partial charge in [0.1, 0.15) is 0 Å². The molecule has 0 N–H and O–H groups in total. The standard InChI is InChI=1S/C65H56BN3/c1-39-23-27-44(28-24-39)69-54-32-30-49-57(46-29-26-41-17-15-16-22-45(41)60(46)65(49,7)8)58(54)48-37-56(67(42-18-11-9-12-19-42)43-20-13-10-14-21-43)59-47-36-50-51(64(5,6)34-33-63(50,3)4)38-55(47)68-53-31-25-40(2)35-52(53)66(69)61(48)62(59)68/h9-32,35-38H,33-34H2,1-8H3. The van der Waals surface area contributed by atoms with Gasteiger partial charge in [-0.25, -0.2) is 0 Å². The number of aromatic nitrogens is 1. The fourth-order valence-electron chi connectivity index (χ4n) is 13.6. The van der Waals surface area contributed by atoms with Crippen LogP contribution < -0.4 is 20.6 Å². The van der Waals surface area contributed by atoms with Gasteiger partial charge in [-0.1, -0.05) is 156 Å². The number of rotatable bonds is 4. The zero-order valence-electron chi connectivity index (χ0n) is 41.0. The lowest BCUT2D eigenvalue weighted by atomic mass is 9.43. The third-order valence-corrected chi connectivity index (χ3v) is 17.1. The van der Waals surface area contributed by atoms with Crippen molar-refractivity contribution in [3.05, 3.63) is 203 Å². The fraction of sp³-hybridized carbons (Fsp3) is 0.200. The lowest BCUT2D eigenvalue weighted by Gasteiger charge is -2.43. The first kappa shape index (κ1) is 40.7. The van der Waals surface area contributed by atoms with Crippen LogP contribution in [0.1, 0.15) is 87.8 Å². The van der Waals surface area contributed by atoms with Gasteiger partial charge in [0.2, 0.25) is 0 Å². The Morgan fingerprint density at radius 2 is 1.16 bits per heavy atom. The van der Waals surface area contributed by atoms with Crippen LogP contribution >= 0.6 is 0 Å². The third kappa shape index (κ3) is 5.46. The Balaban J connectivity index is 1.23. The van der Waals surface area contributed by atoms with Gasteiger partial charge in [0.25, 0.3) is 0 Å². The molecule has 4 aliphatic rings. The molecule has 14 rings (SSSR count). The summed E-state index contributed by atoms with van der Waals surface area (Å²) in [5.41, 5.74) is 26.0. The maximum atomic E-state index is 2.71. The molecule has 0 radical (unpaired) electrons. The Morgan fingerprint density at radius 3 is 1.87 bits per heavy atom. The Labute approximate surface area is 406 Å². The number of fused-ring (bicyclic) bond motifs is 15. The summed E-state index contributed by atoms with van der Waals surface area (Å²) in [5.74, 6) is 0. The quantitative estimate of drug-likeness (QED) is 0.163. The molecule has 4 heteroatoms. The molecule has 334 valence electrons. The minimum absolute atomic E-state index is 0.0320. The first-order valence-electron chi connectivity index (χ1n) is 25.1. The number of nitrogens with zero attached hydrogens (tertiary/aromatic N) is 3. The van der Waals surface area contributed by atoms with Crippen LogP contribution in [0.15, 0.2) is 170 Å². The second-order valence-electron chi connectivity index (χ2n) is 22.5. The van der Waals surface area contributed by atoms with E-state index in [4.69, 9.17) is 0 Å². The minimum Gasteiger partial charge on any atom is -0.376 e. The van der Waals surface area contributed by atoms with Gasteiger partial charge >= 0.3 is 6.85 Å². The molecular formula is C65H56BN3. The van der Waals surface area contributed by atoms with Crippen molar-refractivity contribution >= 4 is 78.8 Å². The summed E-state index contributed by atoms with van der Waals surface area (Å²) in [4.78, 5) is 5.26. The van der Waals surface area contributed by atoms with E-state index in [9.17, 15) is 0 Å². The van der Waals surface area contributed by atoms with Crippen LogP contribution in [-0.2, 0) is 16.2 Å². The normalized spacial score (nSPS) is 16.3. The number of aryl methyl sites for hydroxylation is 2. The van der Waals surface area contributed by atoms with Gasteiger partial charge in [0.05, 0.1) is 16.7 Å². The highest BCUT2D eigenvalue weighted by Gasteiger charge is 2.49. The lowest BCUT2D eigenvalue weighted by Crippen LogP contribution is -2.60. The largest absolute Gasteiger partial charge is 0.376 e. The number of hydrogen-bond acceptors (Lipinski definition) is 2. The van der Waals surface area contributed by atoms with E-state index in [0.29, 0.717) is 0 Å². The fourth-order valence-corrected chi connectivity index (χ4v) is 13.6. The molecule has 0 saturated carbocycles. The summed E-state index contributed by atoms with van der Waals surface area (Å²) in [6.45, 7) is 19.2. The second kappa shape index (κ2) is 13.9. The Kier molecular flexibility index (Phi) is 8.22. The molecule has 3 nitrogen and oxygen atoms in total. The van der Waals surface area contributed by atoms with Crippen LogP contribution in [0.5, 0.6) is 0 Å². The maximum absolute atomic E-state index is 2.71. The van der Waals surface area contributed by atoms with E-state index >= 15 is 0 Å². The molecule has 3 heterocycles. The molecular weight excluding hydrogens is 834 g/mol. The zero-order chi connectivity index (χ0) is 46.9. The van der Waals surface area contributed by atoms with Crippen molar-refractivity contribution in [1.82, 2.24) is 4.57 Å². The lowest BCUT2D eigenvalue weighted by molar-refractivity contribution is 0.332. The van der Waals surface area contributed by atoms with Gasteiger partial charge in [0.15, 0.2) is 0 Å². The van der Waals surface area contributed by atoms with E-state index in [2.05, 4.69) is 240 Å². The molecule has 0 saturated heterocycles. The molecule has 9 aromatic carbocycles. The summed E-state index contributed by atoms with van der Waals surface area (Å²) < 4.78 is 2.71.